The second-order valence-electron chi connectivity index (χ2n) is 4.69. The quantitative estimate of drug-likeness (QED) is 0.580. The van der Waals surface area contributed by atoms with Crippen LogP contribution in [0.25, 0.3) is 16.9 Å². The standard InChI is InChI=1S/C16H8BrClF2N2O/c17-16-12(8-23)15(9-2-1-3-10(18)6-9)21-22(16)14-7-11(19)4-5-13(14)20/h1-8H. The Morgan fingerprint density at radius 1 is 1.17 bits per heavy atom. The number of hydrogen-bond acceptors (Lipinski definition) is 2. The lowest BCUT2D eigenvalue weighted by Gasteiger charge is -2.05. The number of carbonyl (C=O) groups excluding carboxylic acids is 1. The third-order valence-corrected chi connectivity index (χ3v) is 4.21. The fourth-order valence-electron chi connectivity index (χ4n) is 2.17. The lowest BCUT2D eigenvalue weighted by molar-refractivity contribution is 0.112. The van der Waals surface area contributed by atoms with Crippen molar-refractivity contribution in [2.45, 2.75) is 0 Å². The Morgan fingerprint density at radius 2 is 1.96 bits per heavy atom. The summed E-state index contributed by atoms with van der Waals surface area (Å²) < 4.78 is 28.8. The molecule has 0 saturated heterocycles. The van der Waals surface area contributed by atoms with Gasteiger partial charge in [0.25, 0.3) is 0 Å². The van der Waals surface area contributed by atoms with Gasteiger partial charge < -0.3 is 0 Å². The van der Waals surface area contributed by atoms with Gasteiger partial charge in [-0.2, -0.15) is 5.10 Å². The third-order valence-electron chi connectivity index (χ3n) is 3.22. The highest BCUT2D eigenvalue weighted by atomic mass is 79.9. The number of benzene rings is 2. The van der Waals surface area contributed by atoms with Gasteiger partial charge in [-0.05, 0) is 40.2 Å². The lowest BCUT2D eigenvalue weighted by atomic mass is 10.1. The van der Waals surface area contributed by atoms with Crippen LogP contribution in [0.2, 0.25) is 5.02 Å². The van der Waals surface area contributed by atoms with Crippen LogP contribution in [0.4, 0.5) is 8.78 Å². The Kier molecular flexibility index (Phi) is 4.28. The average molecular weight is 398 g/mol. The van der Waals surface area contributed by atoms with E-state index in [0.29, 0.717) is 22.6 Å². The van der Waals surface area contributed by atoms with Crippen molar-refractivity contribution < 1.29 is 13.6 Å². The first kappa shape index (κ1) is 15.8. The van der Waals surface area contributed by atoms with Crippen molar-refractivity contribution in [1.82, 2.24) is 9.78 Å². The van der Waals surface area contributed by atoms with E-state index in [2.05, 4.69) is 21.0 Å². The zero-order valence-electron chi connectivity index (χ0n) is 11.4. The fraction of sp³-hybridized carbons (Fsp3) is 0. The van der Waals surface area contributed by atoms with Crippen molar-refractivity contribution in [3.8, 4) is 16.9 Å². The molecule has 2 aromatic carbocycles. The molecule has 0 fully saturated rings. The van der Waals surface area contributed by atoms with Crippen LogP contribution >= 0.6 is 27.5 Å². The van der Waals surface area contributed by atoms with Crippen LogP contribution in [0.5, 0.6) is 0 Å². The van der Waals surface area contributed by atoms with Crippen LogP contribution in [0.3, 0.4) is 0 Å². The minimum absolute atomic E-state index is 0.103. The molecule has 0 aliphatic carbocycles. The number of halogens is 4. The van der Waals surface area contributed by atoms with E-state index >= 15 is 0 Å². The molecule has 0 saturated carbocycles. The molecule has 3 nitrogen and oxygen atoms in total. The molecular weight excluding hydrogens is 390 g/mol. The zero-order valence-corrected chi connectivity index (χ0v) is 13.8. The Morgan fingerprint density at radius 3 is 2.65 bits per heavy atom. The maximum atomic E-state index is 14.0. The van der Waals surface area contributed by atoms with Gasteiger partial charge in [0.15, 0.2) is 6.29 Å². The normalized spacial score (nSPS) is 10.8. The molecule has 1 aromatic heterocycles. The number of hydrogen-bond donors (Lipinski definition) is 0. The first-order valence-corrected chi connectivity index (χ1v) is 7.63. The summed E-state index contributed by atoms with van der Waals surface area (Å²) in [6.07, 6.45) is 0.598. The van der Waals surface area contributed by atoms with E-state index in [1.54, 1.807) is 24.3 Å². The molecule has 3 rings (SSSR count). The number of nitrogens with zero attached hydrogens (tertiary/aromatic N) is 2. The SMILES string of the molecule is O=Cc1c(-c2cccc(Cl)c2)nn(-c2cc(F)ccc2F)c1Br. The molecule has 0 atom stereocenters. The Bertz CT molecular complexity index is 911. The Hall–Kier alpha value is -2.05. The van der Waals surface area contributed by atoms with E-state index in [9.17, 15) is 13.6 Å². The minimum Gasteiger partial charge on any atom is -0.298 e. The van der Waals surface area contributed by atoms with E-state index in [1.165, 1.54) is 0 Å². The molecule has 0 bridgehead atoms. The molecule has 0 aliphatic heterocycles. The van der Waals surface area contributed by atoms with Crippen LogP contribution in [0.1, 0.15) is 10.4 Å². The lowest BCUT2D eigenvalue weighted by Crippen LogP contribution is -2.01. The molecule has 0 amide bonds. The number of carbonyl (C=O) groups is 1. The van der Waals surface area contributed by atoms with Crippen LogP contribution in [0, 0.1) is 11.6 Å². The maximum absolute atomic E-state index is 14.0. The maximum Gasteiger partial charge on any atom is 0.155 e. The largest absolute Gasteiger partial charge is 0.298 e. The zero-order chi connectivity index (χ0) is 16.6. The highest BCUT2D eigenvalue weighted by Gasteiger charge is 2.20. The van der Waals surface area contributed by atoms with Gasteiger partial charge in [-0.3, -0.25) is 4.79 Å². The molecular formula is C16H8BrClF2N2O. The van der Waals surface area contributed by atoms with Gasteiger partial charge in [-0.15, -0.1) is 0 Å². The number of aldehydes is 1. The Balaban J connectivity index is 2.25. The summed E-state index contributed by atoms with van der Waals surface area (Å²) in [4.78, 5) is 11.4. The molecule has 0 aliphatic rings. The molecule has 3 aromatic rings. The summed E-state index contributed by atoms with van der Waals surface area (Å²) in [6.45, 7) is 0. The molecule has 0 unspecified atom stereocenters. The summed E-state index contributed by atoms with van der Waals surface area (Å²) in [7, 11) is 0. The molecule has 1 heterocycles. The minimum atomic E-state index is -0.662. The van der Waals surface area contributed by atoms with Gasteiger partial charge in [0.1, 0.15) is 27.6 Å². The van der Waals surface area contributed by atoms with E-state index < -0.39 is 11.6 Å². The van der Waals surface area contributed by atoms with E-state index in [4.69, 9.17) is 11.6 Å². The molecule has 116 valence electrons. The van der Waals surface area contributed by atoms with Crippen LogP contribution < -0.4 is 0 Å². The van der Waals surface area contributed by atoms with Crippen LogP contribution in [0.15, 0.2) is 47.1 Å². The van der Waals surface area contributed by atoms with Crippen molar-refractivity contribution in [3.63, 3.8) is 0 Å². The van der Waals surface area contributed by atoms with Gasteiger partial charge in [0.05, 0.1) is 5.56 Å². The first-order valence-electron chi connectivity index (χ1n) is 6.46. The van der Waals surface area contributed by atoms with Crippen molar-refractivity contribution in [2.24, 2.45) is 0 Å². The second-order valence-corrected chi connectivity index (χ2v) is 5.88. The van der Waals surface area contributed by atoms with E-state index in [0.717, 1.165) is 22.9 Å². The Labute approximate surface area is 143 Å². The monoisotopic (exact) mass is 396 g/mol. The highest BCUT2D eigenvalue weighted by molar-refractivity contribution is 9.10. The summed E-state index contributed by atoms with van der Waals surface area (Å²) in [5, 5.41) is 4.71. The van der Waals surface area contributed by atoms with Gasteiger partial charge in [0, 0.05) is 16.7 Å². The van der Waals surface area contributed by atoms with Gasteiger partial charge in [-0.1, -0.05) is 23.7 Å². The average Bonchev–Trinajstić information content (AvgIpc) is 2.86. The predicted molar refractivity (Wildman–Crippen MR) is 87.0 cm³/mol. The van der Waals surface area contributed by atoms with Gasteiger partial charge in [-0.25, -0.2) is 13.5 Å². The summed E-state index contributed by atoms with van der Waals surface area (Å²) in [5.74, 6) is -1.27. The summed E-state index contributed by atoms with van der Waals surface area (Å²) in [6, 6.07) is 9.76. The van der Waals surface area contributed by atoms with Gasteiger partial charge >= 0.3 is 0 Å². The molecule has 0 spiro atoms. The van der Waals surface area contributed by atoms with Crippen molar-refractivity contribution in [2.75, 3.05) is 0 Å². The van der Waals surface area contributed by atoms with Crippen molar-refractivity contribution in [1.29, 1.82) is 0 Å². The first-order chi connectivity index (χ1) is 11.0. The van der Waals surface area contributed by atoms with Crippen molar-refractivity contribution in [3.05, 3.63) is 69.3 Å². The van der Waals surface area contributed by atoms with Crippen molar-refractivity contribution >= 4 is 33.8 Å². The molecule has 23 heavy (non-hydrogen) atoms. The molecule has 0 N–H and O–H groups in total. The third kappa shape index (κ3) is 2.92. The van der Waals surface area contributed by atoms with E-state index in [1.807, 2.05) is 0 Å². The number of rotatable bonds is 3. The van der Waals surface area contributed by atoms with E-state index in [-0.39, 0.29) is 15.9 Å². The molecule has 0 radical (unpaired) electrons. The topological polar surface area (TPSA) is 34.9 Å². The fourth-order valence-corrected chi connectivity index (χ4v) is 2.91. The second kappa shape index (κ2) is 6.22. The predicted octanol–water partition coefficient (Wildman–Crippen LogP) is 5.05. The highest BCUT2D eigenvalue weighted by Crippen LogP contribution is 2.31. The van der Waals surface area contributed by atoms with Crippen LogP contribution in [-0.4, -0.2) is 16.1 Å². The smallest absolute Gasteiger partial charge is 0.155 e. The molecule has 7 heteroatoms. The van der Waals surface area contributed by atoms with Crippen LogP contribution in [-0.2, 0) is 0 Å². The number of aromatic nitrogens is 2. The summed E-state index contributed by atoms with van der Waals surface area (Å²) >= 11 is 9.18. The summed E-state index contributed by atoms with van der Waals surface area (Å²) in [5.41, 5.74) is 1.03. The van der Waals surface area contributed by atoms with Gasteiger partial charge in [0.2, 0.25) is 0 Å².